The fraction of sp³-hybridized carbons (Fsp3) is 0.533. The molecule has 4 rings (SSSR count). The molecule has 1 N–H and O–H groups in total. The molecule has 21 heavy (non-hydrogen) atoms. The standard InChI is InChI=1S/C15H17N3O2S/c19-13(20)8-21-15-17-11-2-1-5-16-14(11)18(15)12-7-9-3-4-10(12)6-9/h1-2,5,9-10,12H,3-4,6-8H2,(H,19,20). The lowest BCUT2D eigenvalue weighted by atomic mass is 9.95. The van der Waals surface area contributed by atoms with Crippen LogP contribution in [-0.2, 0) is 4.79 Å². The van der Waals surface area contributed by atoms with E-state index < -0.39 is 5.97 Å². The summed E-state index contributed by atoms with van der Waals surface area (Å²) in [7, 11) is 0. The number of fused-ring (bicyclic) bond motifs is 3. The third-order valence-electron chi connectivity index (χ3n) is 4.77. The molecule has 0 aromatic carbocycles. The predicted octanol–water partition coefficient (Wildman–Crippen LogP) is 2.97. The molecular weight excluding hydrogens is 286 g/mol. The number of carbonyl (C=O) groups is 1. The van der Waals surface area contributed by atoms with Crippen molar-refractivity contribution in [1.82, 2.24) is 14.5 Å². The zero-order valence-corrected chi connectivity index (χ0v) is 12.4. The van der Waals surface area contributed by atoms with Gasteiger partial charge in [0.2, 0.25) is 0 Å². The monoisotopic (exact) mass is 303 g/mol. The van der Waals surface area contributed by atoms with Gasteiger partial charge in [-0.1, -0.05) is 18.2 Å². The number of hydrogen-bond acceptors (Lipinski definition) is 4. The van der Waals surface area contributed by atoms with Gasteiger partial charge in [-0.15, -0.1) is 0 Å². The molecule has 3 unspecified atom stereocenters. The van der Waals surface area contributed by atoms with Crippen molar-refractivity contribution in [1.29, 1.82) is 0 Å². The van der Waals surface area contributed by atoms with E-state index in [0.717, 1.165) is 22.2 Å². The second-order valence-corrected chi connectivity index (χ2v) is 6.98. The number of aromatic nitrogens is 3. The molecule has 2 heterocycles. The molecule has 0 saturated heterocycles. The molecule has 2 bridgehead atoms. The number of pyridine rings is 1. The van der Waals surface area contributed by atoms with Gasteiger partial charge >= 0.3 is 5.97 Å². The molecule has 2 aliphatic carbocycles. The van der Waals surface area contributed by atoms with E-state index in [4.69, 9.17) is 5.11 Å². The number of rotatable bonds is 4. The Morgan fingerprint density at radius 1 is 1.43 bits per heavy atom. The number of carboxylic acid groups (broad SMARTS) is 1. The fourth-order valence-electron chi connectivity index (χ4n) is 3.96. The largest absolute Gasteiger partial charge is 0.481 e. The molecule has 2 aliphatic rings. The van der Waals surface area contributed by atoms with E-state index in [2.05, 4.69) is 14.5 Å². The summed E-state index contributed by atoms with van der Waals surface area (Å²) in [5.74, 6) is 0.779. The van der Waals surface area contributed by atoms with Crippen LogP contribution >= 0.6 is 11.8 Å². The van der Waals surface area contributed by atoms with Crippen LogP contribution in [0.5, 0.6) is 0 Å². The van der Waals surface area contributed by atoms with Crippen molar-refractivity contribution >= 4 is 28.9 Å². The Morgan fingerprint density at radius 3 is 3.05 bits per heavy atom. The second-order valence-electron chi connectivity index (χ2n) is 6.04. The van der Waals surface area contributed by atoms with Gasteiger partial charge < -0.3 is 9.67 Å². The van der Waals surface area contributed by atoms with E-state index in [1.807, 2.05) is 12.1 Å². The van der Waals surface area contributed by atoms with Crippen molar-refractivity contribution < 1.29 is 9.90 Å². The molecule has 2 aromatic heterocycles. The minimum atomic E-state index is -0.806. The van der Waals surface area contributed by atoms with Gasteiger partial charge in [-0.3, -0.25) is 4.79 Å². The Morgan fingerprint density at radius 2 is 2.33 bits per heavy atom. The van der Waals surface area contributed by atoms with E-state index in [-0.39, 0.29) is 5.75 Å². The first-order valence-corrected chi connectivity index (χ1v) is 8.38. The Labute approximate surface area is 126 Å². The van der Waals surface area contributed by atoms with E-state index in [1.54, 1.807) is 6.20 Å². The van der Waals surface area contributed by atoms with Crippen molar-refractivity contribution in [3.63, 3.8) is 0 Å². The minimum absolute atomic E-state index is 0.0458. The van der Waals surface area contributed by atoms with E-state index in [9.17, 15) is 4.79 Å². The van der Waals surface area contributed by atoms with Gasteiger partial charge in [-0.2, -0.15) is 0 Å². The summed E-state index contributed by atoms with van der Waals surface area (Å²) in [6.07, 6.45) is 6.91. The summed E-state index contributed by atoms with van der Waals surface area (Å²) in [4.78, 5) is 20.0. The fourth-order valence-corrected chi connectivity index (χ4v) is 4.74. The van der Waals surface area contributed by atoms with Crippen LogP contribution in [0.2, 0.25) is 0 Å². The van der Waals surface area contributed by atoms with Crippen LogP contribution in [0.15, 0.2) is 23.5 Å². The predicted molar refractivity (Wildman–Crippen MR) is 80.4 cm³/mol. The maximum Gasteiger partial charge on any atom is 0.313 e. The van der Waals surface area contributed by atoms with Gasteiger partial charge in [0, 0.05) is 12.2 Å². The lowest BCUT2D eigenvalue weighted by Gasteiger charge is -2.24. The molecule has 6 heteroatoms. The zero-order chi connectivity index (χ0) is 14.4. The van der Waals surface area contributed by atoms with Crippen molar-refractivity contribution in [2.24, 2.45) is 11.8 Å². The average Bonchev–Trinajstić information content (AvgIpc) is 3.17. The van der Waals surface area contributed by atoms with Crippen LogP contribution in [0.4, 0.5) is 0 Å². The van der Waals surface area contributed by atoms with Gasteiger partial charge in [0.1, 0.15) is 5.52 Å². The Hall–Kier alpha value is -1.56. The topological polar surface area (TPSA) is 68.0 Å². The van der Waals surface area contributed by atoms with Crippen molar-refractivity contribution in [2.75, 3.05) is 5.75 Å². The molecule has 5 nitrogen and oxygen atoms in total. The molecule has 110 valence electrons. The molecule has 3 atom stereocenters. The zero-order valence-electron chi connectivity index (χ0n) is 11.6. The first-order valence-electron chi connectivity index (χ1n) is 7.40. The third-order valence-corrected chi connectivity index (χ3v) is 5.71. The highest BCUT2D eigenvalue weighted by molar-refractivity contribution is 7.99. The van der Waals surface area contributed by atoms with Crippen molar-refractivity contribution in [2.45, 2.75) is 36.9 Å². The van der Waals surface area contributed by atoms with Crippen LogP contribution in [0.1, 0.15) is 31.7 Å². The van der Waals surface area contributed by atoms with E-state index >= 15 is 0 Å². The van der Waals surface area contributed by atoms with Crippen LogP contribution < -0.4 is 0 Å². The van der Waals surface area contributed by atoms with Crippen LogP contribution in [-0.4, -0.2) is 31.4 Å². The number of nitrogens with zero attached hydrogens (tertiary/aromatic N) is 3. The molecule has 0 spiro atoms. The van der Waals surface area contributed by atoms with Crippen LogP contribution in [0.25, 0.3) is 11.2 Å². The summed E-state index contributed by atoms with van der Waals surface area (Å²) in [5, 5.41) is 9.75. The summed E-state index contributed by atoms with van der Waals surface area (Å²) >= 11 is 1.31. The van der Waals surface area contributed by atoms with E-state index in [1.165, 1.54) is 37.4 Å². The number of imidazole rings is 1. The second kappa shape index (κ2) is 5.02. The van der Waals surface area contributed by atoms with Gasteiger partial charge in [0.05, 0.1) is 5.75 Å². The normalized spacial score (nSPS) is 27.5. The summed E-state index contributed by atoms with van der Waals surface area (Å²) in [5.41, 5.74) is 1.77. The highest BCUT2D eigenvalue weighted by atomic mass is 32.2. The third kappa shape index (κ3) is 2.21. The summed E-state index contributed by atoms with van der Waals surface area (Å²) < 4.78 is 2.22. The Balaban J connectivity index is 1.77. The van der Waals surface area contributed by atoms with Crippen LogP contribution in [0, 0.1) is 11.8 Å². The van der Waals surface area contributed by atoms with Crippen LogP contribution in [0.3, 0.4) is 0 Å². The molecule has 2 aromatic rings. The van der Waals surface area contributed by atoms with Crippen molar-refractivity contribution in [3.8, 4) is 0 Å². The van der Waals surface area contributed by atoms with Crippen molar-refractivity contribution in [3.05, 3.63) is 18.3 Å². The summed E-state index contributed by atoms with van der Waals surface area (Å²) in [6, 6.07) is 4.28. The highest BCUT2D eigenvalue weighted by Crippen LogP contribution is 2.52. The maximum absolute atomic E-state index is 10.9. The van der Waals surface area contributed by atoms with Gasteiger partial charge in [0.25, 0.3) is 0 Å². The Kier molecular flexibility index (Phi) is 3.14. The van der Waals surface area contributed by atoms with Gasteiger partial charge in [-0.05, 0) is 43.2 Å². The SMILES string of the molecule is O=C(O)CSc1nc2cccnc2n1C1CC2CCC1C2. The first kappa shape index (κ1) is 13.1. The quantitative estimate of drug-likeness (QED) is 0.879. The lowest BCUT2D eigenvalue weighted by molar-refractivity contribution is -0.133. The molecular formula is C15H17N3O2S. The maximum atomic E-state index is 10.9. The number of carboxylic acids is 1. The van der Waals surface area contributed by atoms with Gasteiger partial charge in [0.15, 0.2) is 10.8 Å². The first-order chi connectivity index (χ1) is 10.2. The average molecular weight is 303 g/mol. The molecule has 0 radical (unpaired) electrons. The number of thioether (sulfide) groups is 1. The molecule has 0 amide bonds. The highest BCUT2D eigenvalue weighted by Gasteiger charge is 2.42. The molecule has 2 saturated carbocycles. The smallest absolute Gasteiger partial charge is 0.313 e. The molecule has 2 fully saturated rings. The number of aliphatic carboxylic acids is 1. The van der Waals surface area contributed by atoms with Gasteiger partial charge in [-0.25, -0.2) is 9.97 Å². The summed E-state index contributed by atoms with van der Waals surface area (Å²) in [6.45, 7) is 0. The molecule has 0 aliphatic heterocycles. The Bertz CT molecular complexity index is 699. The number of hydrogen-bond donors (Lipinski definition) is 1. The minimum Gasteiger partial charge on any atom is -0.481 e. The lowest BCUT2D eigenvalue weighted by Crippen LogP contribution is -2.17. The van der Waals surface area contributed by atoms with E-state index in [0.29, 0.717) is 12.0 Å².